The molecule has 2 amide bonds. The monoisotopic (exact) mass is 487 g/mol. The van der Waals surface area contributed by atoms with Gasteiger partial charge in [-0.3, -0.25) is 4.99 Å². The lowest BCUT2D eigenvalue weighted by Crippen LogP contribution is -2.44. The second kappa shape index (κ2) is 12.0. The third-order valence-corrected chi connectivity index (χ3v) is 4.67. The van der Waals surface area contributed by atoms with Crippen molar-refractivity contribution in [3.05, 3.63) is 29.8 Å². The quantitative estimate of drug-likeness (QED) is 0.287. The zero-order valence-corrected chi connectivity index (χ0v) is 19.2. The minimum absolute atomic E-state index is 0. The molecular weight excluding hydrogens is 453 g/mol. The first-order chi connectivity index (χ1) is 12.5. The molecule has 0 atom stereocenters. The lowest BCUT2D eigenvalue weighted by Gasteiger charge is -2.28. The minimum atomic E-state index is -0.183. The van der Waals surface area contributed by atoms with E-state index in [2.05, 4.69) is 33.2 Å². The molecule has 1 fully saturated rings. The lowest BCUT2D eigenvalue weighted by molar-refractivity contribution is 0.250. The number of benzene rings is 1. The van der Waals surface area contributed by atoms with Crippen molar-refractivity contribution in [2.45, 2.75) is 65.1 Å². The van der Waals surface area contributed by atoms with E-state index in [1.165, 1.54) is 25.7 Å². The van der Waals surface area contributed by atoms with Gasteiger partial charge in [0.05, 0.1) is 0 Å². The topological polar surface area (TPSA) is 77.5 Å². The molecule has 0 spiro atoms. The maximum atomic E-state index is 11.7. The van der Waals surface area contributed by atoms with Crippen LogP contribution in [0.2, 0.25) is 0 Å². The minimum Gasteiger partial charge on any atom is -0.354 e. The fraction of sp³-hybridized carbons (Fsp3) is 0.600. The van der Waals surface area contributed by atoms with E-state index in [0.717, 1.165) is 23.1 Å². The van der Waals surface area contributed by atoms with E-state index in [1.807, 2.05) is 38.1 Å². The summed E-state index contributed by atoms with van der Waals surface area (Å²) < 4.78 is 0. The van der Waals surface area contributed by atoms with Crippen LogP contribution in [0.5, 0.6) is 0 Å². The summed E-state index contributed by atoms with van der Waals surface area (Å²) in [5.41, 5.74) is 1.92. The summed E-state index contributed by atoms with van der Waals surface area (Å²) in [6, 6.07) is 8.29. The molecule has 4 N–H and O–H groups in total. The highest BCUT2D eigenvalue weighted by Crippen LogP contribution is 2.23. The number of amides is 2. The molecule has 0 saturated heterocycles. The zero-order valence-electron chi connectivity index (χ0n) is 16.8. The number of hydrogen-bond donors (Lipinski definition) is 4. The molecule has 0 heterocycles. The van der Waals surface area contributed by atoms with Crippen LogP contribution < -0.4 is 21.3 Å². The lowest BCUT2D eigenvalue weighted by atomic mass is 9.87. The molecule has 0 unspecified atom stereocenters. The summed E-state index contributed by atoms with van der Waals surface area (Å²) in [6.45, 7) is 6.89. The second-order valence-corrected chi connectivity index (χ2v) is 7.48. The SMILES string of the molecule is CN=C(NCc1ccc(NC(=O)NC(C)C)cc1)NC1CCC(C)CC1.I. The van der Waals surface area contributed by atoms with Gasteiger partial charge in [-0.05, 0) is 63.1 Å². The van der Waals surface area contributed by atoms with Gasteiger partial charge in [0.2, 0.25) is 0 Å². The highest BCUT2D eigenvalue weighted by molar-refractivity contribution is 14.0. The second-order valence-electron chi connectivity index (χ2n) is 7.48. The molecule has 6 nitrogen and oxygen atoms in total. The number of urea groups is 1. The Hall–Kier alpha value is -1.51. The number of rotatable bonds is 5. The average molecular weight is 487 g/mol. The standard InChI is InChI=1S/C20H33N5O.HI/c1-14(2)23-20(26)25-18-11-7-16(8-12-18)13-22-19(21-4)24-17-9-5-15(3)6-10-17;/h7-8,11-12,14-15,17H,5-6,9-10,13H2,1-4H3,(H2,21,22,24)(H2,23,25,26);1H. The smallest absolute Gasteiger partial charge is 0.319 e. The maximum Gasteiger partial charge on any atom is 0.319 e. The molecule has 1 aromatic carbocycles. The van der Waals surface area contributed by atoms with E-state index in [9.17, 15) is 4.79 Å². The van der Waals surface area contributed by atoms with Crippen molar-refractivity contribution in [3.8, 4) is 0 Å². The van der Waals surface area contributed by atoms with Crippen LogP contribution in [0.15, 0.2) is 29.3 Å². The normalized spacial score (nSPS) is 19.8. The number of guanidine groups is 1. The zero-order chi connectivity index (χ0) is 18.9. The molecule has 1 aliphatic rings. The van der Waals surface area contributed by atoms with Crippen molar-refractivity contribution < 1.29 is 4.79 Å². The highest BCUT2D eigenvalue weighted by atomic mass is 127. The summed E-state index contributed by atoms with van der Waals surface area (Å²) in [7, 11) is 1.81. The van der Waals surface area contributed by atoms with E-state index in [1.54, 1.807) is 7.05 Å². The van der Waals surface area contributed by atoms with Crippen molar-refractivity contribution in [2.24, 2.45) is 10.9 Å². The van der Waals surface area contributed by atoms with E-state index >= 15 is 0 Å². The Morgan fingerprint density at radius 1 is 1.15 bits per heavy atom. The van der Waals surface area contributed by atoms with E-state index in [0.29, 0.717) is 12.6 Å². The molecule has 0 bridgehead atoms. The number of halogens is 1. The highest BCUT2D eigenvalue weighted by Gasteiger charge is 2.18. The van der Waals surface area contributed by atoms with Crippen LogP contribution in [0.3, 0.4) is 0 Å². The first-order valence-electron chi connectivity index (χ1n) is 9.60. The number of nitrogens with zero attached hydrogens (tertiary/aromatic N) is 1. The van der Waals surface area contributed by atoms with Crippen LogP contribution in [-0.2, 0) is 6.54 Å². The fourth-order valence-corrected chi connectivity index (χ4v) is 3.11. The molecule has 0 aromatic heterocycles. The molecule has 7 heteroatoms. The van der Waals surface area contributed by atoms with Crippen LogP contribution >= 0.6 is 24.0 Å². The Bertz CT molecular complexity index is 595. The van der Waals surface area contributed by atoms with Crippen LogP contribution in [0.4, 0.5) is 10.5 Å². The van der Waals surface area contributed by atoms with Crippen LogP contribution in [0.1, 0.15) is 52.0 Å². The van der Waals surface area contributed by atoms with Gasteiger partial charge in [-0.2, -0.15) is 0 Å². The summed E-state index contributed by atoms with van der Waals surface area (Å²) in [5, 5.41) is 12.5. The number of anilines is 1. The molecular formula is C20H34IN5O. The summed E-state index contributed by atoms with van der Waals surface area (Å²) >= 11 is 0. The molecule has 27 heavy (non-hydrogen) atoms. The third kappa shape index (κ3) is 8.81. The molecule has 2 rings (SSSR count). The first-order valence-corrected chi connectivity index (χ1v) is 9.60. The number of carbonyl (C=O) groups is 1. The summed E-state index contributed by atoms with van der Waals surface area (Å²) in [4.78, 5) is 16.0. The van der Waals surface area contributed by atoms with Gasteiger partial charge in [0.15, 0.2) is 5.96 Å². The van der Waals surface area contributed by atoms with E-state index in [4.69, 9.17) is 0 Å². The summed E-state index contributed by atoms with van der Waals surface area (Å²) in [5.74, 6) is 1.70. The van der Waals surface area contributed by atoms with Gasteiger partial charge < -0.3 is 21.3 Å². The van der Waals surface area contributed by atoms with Gasteiger partial charge in [0.25, 0.3) is 0 Å². The molecule has 0 radical (unpaired) electrons. The van der Waals surface area contributed by atoms with Gasteiger partial charge in [-0.25, -0.2) is 4.79 Å². The largest absolute Gasteiger partial charge is 0.354 e. The molecule has 152 valence electrons. The number of hydrogen-bond acceptors (Lipinski definition) is 2. The molecule has 1 saturated carbocycles. The van der Waals surface area contributed by atoms with Crippen LogP contribution in [0.25, 0.3) is 0 Å². The molecule has 1 aromatic rings. The Labute approximate surface area is 180 Å². The fourth-order valence-electron chi connectivity index (χ4n) is 3.11. The van der Waals surface area contributed by atoms with Gasteiger partial charge >= 0.3 is 6.03 Å². The van der Waals surface area contributed by atoms with Crippen LogP contribution in [0, 0.1) is 5.92 Å². The average Bonchev–Trinajstić information content (AvgIpc) is 2.60. The maximum absolute atomic E-state index is 11.7. The number of carbonyl (C=O) groups excluding carboxylic acids is 1. The van der Waals surface area contributed by atoms with Gasteiger partial charge in [0.1, 0.15) is 0 Å². The van der Waals surface area contributed by atoms with Crippen molar-refractivity contribution in [1.29, 1.82) is 0 Å². The van der Waals surface area contributed by atoms with Crippen molar-refractivity contribution in [1.82, 2.24) is 16.0 Å². The van der Waals surface area contributed by atoms with Crippen molar-refractivity contribution in [2.75, 3.05) is 12.4 Å². The van der Waals surface area contributed by atoms with Gasteiger partial charge in [-0.15, -0.1) is 24.0 Å². The van der Waals surface area contributed by atoms with Crippen LogP contribution in [-0.4, -0.2) is 31.1 Å². The Morgan fingerprint density at radius 2 is 1.78 bits per heavy atom. The Morgan fingerprint density at radius 3 is 2.33 bits per heavy atom. The molecule has 1 aliphatic carbocycles. The number of nitrogens with one attached hydrogen (secondary N) is 4. The first kappa shape index (κ1) is 23.5. The number of aliphatic imine (C=N–C) groups is 1. The van der Waals surface area contributed by atoms with Gasteiger partial charge in [-0.1, -0.05) is 19.1 Å². The molecule has 0 aliphatic heterocycles. The Kier molecular flexibility index (Phi) is 10.5. The summed E-state index contributed by atoms with van der Waals surface area (Å²) in [6.07, 6.45) is 4.99. The van der Waals surface area contributed by atoms with Crippen molar-refractivity contribution >= 4 is 41.7 Å². The Balaban J connectivity index is 0.00000364. The van der Waals surface area contributed by atoms with E-state index < -0.39 is 0 Å². The third-order valence-electron chi connectivity index (χ3n) is 4.67. The predicted octanol–water partition coefficient (Wildman–Crippen LogP) is 4.08. The van der Waals surface area contributed by atoms with Gasteiger partial charge in [0, 0.05) is 31.4 Å². The predicted molar refractivity (Wildman–Crippen MR) is 124 cm³/mol. The van der Waals surface area contributed by atoms with Crippen molar-refractivity contribution in [3.63, 3.8) is 0 Å². The van der Waals surface area contributed by atoms with E-state index in [-0.39, 0.29) is 36.0 Å².